The highest BCUT2D eigenvalue weighted by Gasteiger charge is 2.40. The molecule has 2 atom stereocenters. The van der Waals surface area contributed by atoms with Gasteiger partial charge in [0.05, 0.1) is 17.1 Å². The van der Waals surface area contributed by atoms with Gasteiger partial charge in [-0.05, 0) is 68.1 Å². The minimum atomic E-state index is -4.42. The highest BCUT2D eigenvalue weighted by Crippen LogP contribution is 2.41. The third-order valence-electron chi connectivity index (χ3n) is 6.88. The molecule has 2 saturated heterocycles. The minimum Gasteiger partial charge on any atom is -0.364 e. The van der Waals surface area contributed by atoms with Crippen LogP contribution in [0, 0.1) is 0 Å². The zero-order chi connectivity index (χ0) is 21.9. The normalized spacial score (nSPS) is 24.1. The fourth-order valence-electron chi connectivity index (χ4n) is 5.24. The maximum absolute atomic E-state index is 13.1. The zero-order valence-electron chi connectivity index (χ0n) is 17.1. The number of primary amides is 1. The van der Waals surface area contributed by atoms with E-state index in [4.69, 9.17) is 5.73 Å². The van der Waals surface area contributed by atoms with Crippen molar-refractivity contribution in [1.29, 1.82) is 0 Å². The van der Waals surface area contributed by atoms with Gasteiger partial charge in [-0.2, -0.15) is 18.3 Å². The molecule has 2 N–H and O–H groups in total. The van der Waals surface area contributed by atoms with Crippen molar-refractivity contribution in [3.8, 4) is 11.1 Å². The number of aromatic nitrogens is 2. The lowest BCUT2D eigenvalue weighted by Crippen LogP contribution is -2.40. The molecule has 2 unspecified atom stereocenters. The van der Waals surface area contributed by atoms with Crippen molar-refractivity contribution in [2.45, 2.75) is 50.0 Å². The van der Waals surface area contributed by atoms with Crippen molar-refractivity contribution < 1.29 is 18.0 Å². The Morgan fingerprint density at radius 2 is 1.71 bits per heavy atom. The molecule has 2 aliphatic heterocycles. The summed E-state index contributed by atoms with van der Waals surface area (Å²) in [5, 5.41) is 5.15. The summed E-state index contributed by atoms with van der Waals surface area (Å²) in [5.74, 6) is -0.638. The number of piperidine rings is 1. The van der Waals surface area contributed by atoms with Crippen LogP contribution in [0.4, 0.5) is 13.2 Å². The first-order chi connectivity index (χ1) is 14.7. The second-order valence-electron chi connectivity index (χ2n) is 8.64. The highest BCUT2D eigenvalue weighted by molar-refractivity contribution is 6.05. The van der Waals surface area contributed by atoms with Crippen LogP contribution in [0.3, 0.4) is 0 Å². The van der Waals surface area contributed by atoms with E-state index in [0.29, 0.717) is 28.6 Å². The molecule has 0 saturated carbocycles. The van der Waals surface area contributed by atoms with Crippen molar-refractivity contribution in [3.05, 3.63) is 53.7 Å². The molecule has 162 valence electrons. The van der Waals surface area contributed by atoms with Gasteiger partial charge in [0.2, 0.25) is 0 Å². The largest absolute Gasteiger partial charge is 0.416 e. The van der Waals surface area contributed by atoms with Gasteiger partial charge in [-0.3, -0.25) is 9.48 Å². The molecule has 0 radical (unpaired) electrons. The van der Waals surface area contributed by atoms with Crippen LogP contribution in [0.5, 0.6) is 0 Å². The quantitative estimate of drug-likeness (QED) is 0.662. The summed E-state index contributed by atoms with van der Waals surface area (Å²) >= 11 is 0. The molecule has 1 amide bonds. The van der Waals surface area contributed by atoms with Crippen LogP contribution < -0.4 is 5.73 Å². The number of halogens is 3. The molecular weight excluding hydrogens is 405 g/mol. The molecule has 31 heavy (non-hydrogen) atoms. The number of amides is 1. The van der Waals surface area contributed by atoms with E-state index in [9.17, 15) is 18.0 Å². The maximum Gasteiger partial charge on any atom is 0.416 e. The van der Waals surface area contributed by atoms with E-state index in [1.54, 1.807) is 18.2 Å². The first-order valence-electron chi connectivity index (χ1n) is 10.4. The number of hydrogen-bond acceptors (Lipinski definition) is 3. The van der Waals surface area contributed by atoms with Crippen molar-refractivity contribution >= 4 is 16.8 Å². The van der Waals surface area contributed by atoms with Crippen LogP contribution in [-0.4, -0.2) is 39.7 Å². The molecular formula is C23H23F3N4O. The SMILES string of the molecule is CN1C2CCC1CC(n1nc(C(N)=O)c3cc(-c4cccc(C(F)(F)F)c4)ccc31)C2. The van der Waals surface area contributed by atoms with Crippen molar-refractivity contribution in [1.82, 2.24) is 14.7 Å². The first kappa shape index (κ1) is 20.1. The van der Waals surface area contributed by atoms with Gasteiger partial charge in [0.15, 0.2) is 5.69 Å². The Bertz CT molecular complexity index is 1160. The van der Waals surface area contributed by atoms with Crippen LogP contribution in [0.15, 0.2) is 42.5 Å². The van der Waals surface area contributed by atoms with Gasteiger partial charge in [0.25, 0.3) is 5.91 Å². The van der Waals surface area contributed by atoms with Crippen LogP contribution in [0.1, 0.15) is 47.8 Å². The summed E-state index contributed by atoms with van der Waals surface area (Å²) in [6.45, 7) is 0. The van der Waals surface area contributed by atoms with E-state index in [0.717, 1.165) is 30.5 Å². The summed E-state index contributed by atoms with van der Waals surface area (Å²) < 4.78 is 41.3. The van der Waals surface area contributed by atoms with Crippen LogP contribution in [0.2, 0.25) is 0 Å². The Morgan fingerprint density at radius 1 is 1.03 bits per heavy atom. The Morgan fingerprint density at radius 3 is 2.35 bits per heavy atom. The van der Waals surface area contributed by atoms with Crippen LogP contribution in [-0.2, 0) is 6.18 Å². The van der Waals surface area contributed by atoms with Gasteiger partial charge in [0.1, 0.15) is 0 Å². The predicted molar refractivity (Wildman–Crippen MR) is 112 cm³/mol. The summed E-state index contributed by atoms with van der Waals surface area (Å²) in [6.07, 6.45) is -0.177. The third-order valence-corrected chi connectivity index (χ3v) is 6.88. The number of carbonyl (C=O) groups is 1. The number of nitrogens with two attached hydrogens (primary N) is 1. The molecule has 8 heteroatoms. The van der Waals surface area contributed by atoms with Gasteiger partial charge in [0, 0.05) is 17.5 Å². The van der Waals surface area contributed by atoms with Gasteiger partial charge in [-0.25, -0.2) is 0 Å². The van der Waals surface area contributed by atoms with E-state index in [1.165, 1.54) is 18.9 Å². The number of rotatable bonds is 3. The molecule has 5 nitrogen and oxygen atoms in total. The lowest BCUT2D eigenvalue weighted by atomic mass is 9.97. The van der Waals surface area contributed by atoms with Crippen LogP contribution in [0.25, 0.3) is 22.0 Å². The van der Waals surface area contributed by atoms with Crippen molar-refractivity contribution in [3.63, 3.8) is 0 Å². The topological polar surface area (TPSA) is 64.2 Å². The molecule has 0 aliphatic carbocycles. The van der Waals surface area contributed by atoms with Gasteiger partial charge in [-0.15, -0.1) is 0 Å². The number of carbonyl (C=O) groups excluding carboxylic acids is 1. The molecule has 0 spiro atoms. The summed E-state index contributed by atoms with van der Waals surface area (Å²) in [4.78, 5) is 14.6. The number of nitrogens with zero attached hydrogens (tertiary/aromatic N) is 3. The molecule has 2 bridgehead atoms. The minimum absolute atomic E-state index is 0.162. The van der Waals surface area contributed by atoms with E-state index in [1.807, 2.05) is 10.7 Å². The fourth-order valence-corrected chi connectivity index (χ4v) is 5.24. The van der Waals surface area contributed by atoms with Gasteiger partial charge >= 0.3 is 6.18 Å². The van der Waals surface area contributed by atoms with E-state index >= 15 is 0 Å². The van der Waals surface area contributed by atoms with E-state index < -0.39 is 17.6 Å². The third kappa shape index (κ3) is 3.39. The van der Waals surface area contributed by atoms with Crippen molar-refractivity contribution in [2.24, 2.45) is 5.73 Å². The highest BCUT2D eigenvalue weighted by atomic mass is 19.4. The summed E-state index contributed by atoms with van der Waals surface area (Å²) in [7, 11) is 2.16. The smallest absolute Gasteiger partial charge is 0.364 e. The zero-order valence-corrected chi connectivity index (χ0v) is 17.1. The monoisotopic (exact) mass is 428 g/mol. The molecule has 5 rings (SSSR count). The Labute approximate surface area is 177 Å². The van der Waals surface area contributed by atoms with Crippen molar-refractivity contribution in [2.75, 3.05) is 7.05 Å². The van der Waals surface area contributed by atoms with Gasteiger partial charge in [-0.1, -0.05) is 18.2 Å². The first-order valence-corrected chi connectivity index (χ1v) is 10.4. The molecule has 3 aromatic rings. The summed E-state index contributed by atoms with van der Waals surface area (Å²) in [6, 6.07) is 11.7. The number of hydrogen-bond donors (Lipinski definition) is 1. The number of alkyl halides is 3. The number of fused-ring (bicyclic) bond motifs is 3. The average Bonchev–Trinajstić information content (AvgIpc) is 3.19. The maximum atomic E-state index is 13.1. The molecule has 2 aliphatic rings. The second kappa shape index (κ2) is 7.09. The average molecular weight is 428 g/mol. The van der Waals surface area contributed by atoms with Crippen LogP contribution >= 0.6 is 0 Å². The van der Waals surface area contributed by atoms with E-state index in [2.05, 4.69) is 17.0 Å². The van der Waals surface area contributed by atoms with E-state index in [-0.39, 0.29) is 11.7 Å². The fraction of sp³-hybridized carbons (Fsp3) is 0.391. The van der Waals surface area contributed by atoms with Gasteiger partial charge < -0.3 is 10.6 Å². The Kier molecular flexibility index (Phi) is 4.58. The Hall–Kier alpha value is -2.87. The standard InChI is InChI=1S/C23H23F3N4O/c1-29-16-6-7-17(29)12-18(11-16)30-20-8-5-14(10-19(20)21(28-30)22(27)31)13-3-2-4-15(9-13)23(24,25)26/h2-5,8-10,16-18H,6-7,11-12H2,1H3,(H2,27,31). The molecule has 1 aromatic heterocycles. The molecule has 2 fully saturated rings. The lowest BCUT2D eigenvalue weighted by Gasteiger charge is -2.36. The predicted octanol–water partition coefficient (Wildman–Crippen LogP) is 4.62. The second-order valence-corrected chi connectivity index (χ2v) is 8.64. The Balaban J connectivity index is 1.58. The number of benzene rings is 2. The molecule has 3 heterocycles. The summed E-state index contributed by atoms with van der Waals surface area (Å²) in [5.41, 5.74) is 6.87. The lowest BCUT2D eigenvalue weighted by molar-refractivity contribution is -0.137. The molecule has 2 aromatic carbocycles.